The summed E-state index contributed by atoms with van der Waals surface area (Å²) >= 11 is 0. The van der Waals surface area contributed by atoms with Crippen LogP contribution >= 0.6 is 0 Å². The van der Waals surface area contributed by atoms with Crippen LogP contribution in [-0.2, 0) is 4.84 Å². The fourth-order valence-electron chi connectivity index (χ4n) is 1.48. The highest BCUT2D eigenvalue weighted by Gasteiger charge is 2.13. The lowest BCUT2D eigenvalue weighted by Crippen LogP contribution is -2.27. The molecule has 1 amide bonds. The Morgan fingerprint density at radius 3 is 2.26 bits per heavy atom. The summed E-state index contributed by atoms with van der Waals surface area (Å²) in [6.07, 6.45) is 0. The summed E-state index contributed by atoms with van der Waals surface area (Å²) in [5, 5.41) is 0. The second kappa shape index (κ2) is 5.68. The molecule has 0 aliphatic carbocycles. The molecule has 0 bridgehead atoms. The maximum absolute atomic E-state index is 11.7. The van der Waals surface area contributed by atoms with Gasteiger partial charge in [0.25, 0.3) is 5.91 Å². The van der Waals surface area contributed by atoms with Gasteiger partial charge in [0.05, 0.1) is 5.56 Å². The van der Waals surface area contributed by atoms with Crippen molar-refractivity contribution in [3.05, 3.63) is 65.7 Å². The van der Waals surface area contributed by atoms with Crippen LogP contribution in [0.25, 0.3) is 0 Å². The molecule has 2 rings (SSSR count). The number of para-hydroxylation sites is 1. The average molecular weight is 256 g/mol. The van der Waals surface area contributed by atoms with Crippen molar-refractivity contribution in [1.29, 1.82) is 0 Å². The number of hydroxylamine groups is 1. The van der Waals surface area contributed by atoms with E-state index in [0.29, 0.717) is 11.3 Å². The standard InChI is InChI=1S/C14H12N2O3/c15-12-9-5-4-8-11(12)14(18)19-16-13(17)10-6-2-1-3-7-10/h1-9H,15H2,(H,16,17). The Balaban J connectivity index is 1.98. The van der Waals surface area contributed by atoms with Crippen molar-refractivity contribution in [2.75, 3.05) is 5.73 Å². The number of rotatable bonds is 2. The highest BCUT2D eigenvalue weighted by molar-refractivity contribution is 5.98. The van der Waals surface area contributed by atoms with Crippen LogP contribution in [0.2, 0.25) is 0 Å². The molecule has 0 aliphatic rings. The van der Waals surface area contributed by atoms with Gasteiger partial charge in [-0.3, -0.25) is 4.79 Å². The lowest BCUT2D eigenvalue weighted by Gasteiger charge is -2.07. The number of nitrogens with one attached hydrogen (secondary N) is 1. The molecule has 3 N–H and O–H groups in total. The smallest absolute Gasteiger partial charge is 0.365 e. The van der Waals surface area contributed by atoms with Crippen LogP contribution in [0.3, 0.4) is 0 Å². The molecule has 0 spiro atoms. The summed E-state index contributed by atoms with van der Waals surface area (Å²) in [4.78, 5) is 28.0. The van der Waals surface area contributed by atoms with Crippen molar-refractivity contribution in [1.82, 2.24) is 5.48 Å². The molecule has 0 radical (unpaired) electrons. The Morgan fingerprint density at radius 1 is 0.947 bits per heavy atom. The first-order valence-electron chi connectivity index (χ1n) is 5.59. The molecule has 2 aromatic carbocycles. The molecule has 0 saturated heterocycles. The molecule has 19 heavy (non-hydrogen) atoms. The van der Waals surface area contributed by atoms with Crippen LogP contribution in [0.1, 0.15) is 20.7 Å². The van der Waals surface area contributed by atoms with Gasteiger partial charge in [-0.25, -0.2) is 4.79 Å². The number of carbonyl (C=O) groups is 2. The third-order valence-corrected chi connectivity index (χ3v) is 2.45. The van der Waals surface area contributed by atoms with Gasteiger partial charge in [-0.15, -0.1) is 0 Å². The first kappa shape index (κ1) is 12.6. The van der Waals surface area contributed by atoms with Gasteiger partial charge in [0, 0.05) is 11.3 Å². The van der Waals surface area contributed by atoms with E-state index >= 15 is 0 Å². The molecular formula is C14H12N2O3. The Morgan fingerprint density at radius 2 is 1.58 bits per heavy atom. The quantitative estimate of drug-likeness (QED) is 0.633. The van der Waals surface area contributed by atoms with E-state index in [1.807, 2.05) is 0 Å². The summed E-state index contributed by atoms with van der Waals surface area (Å²) in [5.41, 5.74) is 8.60. The number of hydrogen-bond donors (Lipinski definition) is 2. The van der Waals surface area contributed by atoms with E-state index in [0.717, 1.165) is 0 Å². The zero-order valence-corrected chi connectivity index (χ0v) is 10.00. The number of carbonyl (C=O) groups excluding carboxylic acids is 2. The summed E-state index contributed by atoms with van der Waals surface area (Å²) in [5.74, 6) is -1.20. The van der Waals surface area contributed by atoms with Gasteiger partial charge in [0.15, 0.2) is 0 Å². The zero-order chi connectivity index (χ0) is 13.7. The molecule has 0 saturated carbocycles. The molecule has 0 aliphatic heterocycles. The summed E-state index contributed by atoms with van der Waals surface area (Å²) < 4.78 is 0. The third kappa shape index (κ3) is 3.10. The topological polar surface area (TPSA) is 81.4 Å². The van der Waals surface area contributed by atoms with E-state index in [2.05, 4.69) is 5.48 Å². The number of hydrogen-bond acceptors (Lipinski definition) is 4. The van der Waals surface area contributed by atoms with Crippen molar-refractivity contribution in [3.8, 4) is 0 Å². The molecule has 2 aromatic rings. The molecule has 96 valence electrons. The van der Waals surface area contributed by atoms with Crippen LogP contribution in [0.4, 0.5) is 5.69 Å². The predicted molar refractivity (Wildman–Crippen MR) is 70.2 cm³/mol. The third-order valence-electron chi connectivity index (χ3n) is 2.45. The Labute approximate surface area is 109 Å². The number of anilines is 1. The normalized spacial score (nSPS) is 9.68. The summed E-state index contributed by atoms with van der Waals surface area (Å²) in [6, 6.07) is 14.9. The van der Waals surface area contributed by atoms with Crippen molar-refractivity contribution < 1.29 is 14.4 Å². The molecular weight excluding hydrogens is 244 g/mol. The molecule has 0 aromatic heterocycles. The maximum Gasteiger partial charge on any atom is 0.365 e. The molecule has 5 nitrogen and oxygen atoms in total. The van der Waals surface area contributed by atoms with Crippen LogP contribution < -0.4 is 11.2 Å². The average Bonchev–Trinajstić information content (AvgIpc) is 2.46. The minimum atomic E-state index is -0.706. The van der Waals surface area contributed by atoms with Crippen molar-refractivity contribution in [2.45, 2.75) is 0 Å². The van der Waals surface area contributed by atoms with E-state index in [1.54, 1.807) is 48.5 Å². The first-order chi connectivity index (χ1) is 9.18. The molecule has 0 fully saturated rings. The summed E-state index contributed by atoms with van der Waals surface area (Å²) in [7, 11) is 0. The molecule has 0 heterocycles. The zero-order valence-electron chi connectivity index (χ0n) is 10.00. The number of amides is 1. The Bertz CT molecular complexity index is 597. The minimum absolute atomic E-state index is 0.205. The van der Waals surface area contributed by atoms with Gasteiger partial charge in [-0.05, 0) is 24.3 Å². The monoisotopic (exact) mass is 256 g/mol. The van der Waals surface area contributed by atoms with E-state index in [-0.39, 0.29) is 5.56 Å². The van der Waals surface area contributed by atoms with Crippen molar-refractivity contribution in [3.63, 3.8) is 0 Å². The fourth-order valence-corrected chi connectivity index (χ4v) is 1.48. The van der Waals surface area contributed by atoms with Gasteiger partial charge in [0.1, 0.15) is 0 Å². The lowest BCUT2D eigenvalue weighted by atomic mass is 10.2. The van der Waals surface area contributed by atoms with Crippen LogP contribution in [0.5, 0.6) is 0 Å². The van der Waals surface area contributed by atoms with E-state index in [9.17, 15) is 9.59 Å². The van der Waals surface area contributed by atoms with Gasteiger partial charge in [-0.1, -0.05) is 30.3 Å². The lowest BCUT2D eigenvalue weighted by molar-refractivity contribution is 0.0231. The Kier molecular flexibility index (Phi) is 3.78. The second-order valence-corrected chi connectivity index (χ2v) is 3.77. The van der Waals surface area contributed by atoms with Gasteiger partial charge >= 0.3 is 5.97 Å². The van der Waals surface area contributed by atoms with Gasteiger partial charge in [0.2, 0.25) is 0 Å². The highest BCUT2D eigenvalue weighted by Crippen LogP contribution is 2.11. The van der Waals surface area contributed by atoms with Crippen molar-refractivity contribution >= 4 is 17.6 Å². The SMILES string of the molecule is Nc1ccccc1C(=O)ONC(=O)c1ccccc1. The van der Waals surface area contributed by atoms with Crippen LogP contribution in [0, 0.1) is 0 Å². The first-order valence-corrected chi connectivity index (χ1v) is 5.59. The number of nitrogens with two attached hydrogens (primary N) is 1. The summed E-state index contributed by atoms with van der Waals surface area (Å²) in [6.45, 7) is 0. The van der Waals surface area contributed by atoms with E-state index in [4.69, 9.17) is 10.6 Å². The highest BCUT2D eigenvalue weighted by atomic mass is 16.7. The predicted octanol–water partition coefficient (Wildman–Crippen LogP) is 1.77. The molecule has 0 atom stereocenters. The number of benzene rings is 2. The second-order valence-electron chi connectivity index (χ2n) is 3.77. The molecule has 0 unspecified atom stereocenters. The molecule has 5 heteroatoms. The Hall–Kier alpha value is -2.82. The minimum Gasteiger partial charge on any atom is -0.398 e. The van der Waals surface area contributed by atoms with E-state index < -0.39 is 11.9 Å². The van der Waals surface area contributed by atoms with Gasteiger partial charge < -0.3 is 10.6 Å². The van der Waals surface area contributed by atoms with Gasteiger partial charge in [-0.2, -0.15) is 5.48 Å². The maximum atomic E-state index is 11.7. The van der Waals surface area contributed by atoms with Crippen molar-refractivity contribution in [2.24, 2.45) is 0 Å². The number of nitrogen functional groups attached to an aromatic ring is 1. The van der Waals surface area contributed by atoms with Crippen LogP contribution in [-0.4, -0.2) is 11.9 Å². The largest absolute Gasteiger partial charge is 0.398 e. The fraction of sp³-hybridized carbons (Fsp3) is 0. The van der Waals surface area contributed by atoms with Crippen LogP contribution in [0.15, 0.2) is 54.6 Å². The van der Waals surface area contributed by atoms with E-state index in [1.165, 1.54) is 6.07 Å².